The second-order valence-electron chi connectivity index (χ2n) is 6.24. The topological polar surface area (TPSA) is 71.4 Å². The van der Waals surface area contributed by atoms with Gasteiger partial charge in [-0.2, -0.15) is 5.10 Å². The van der Waals surface area contributed by atoms with Crippen molar-refractivity contribution in [2.24, 2.45) is 0 Å². The normalized spacial score (nSPS) is 22.9. The molecule has 2 aliphatic heterocycles. The van der Waals surface area contributed by atoms with Crippen molar-refractivity contribution in [2.45, 2.75) is 25.3 Å². The molecule has 7 nitrogen and oxygen atoms in total. The maximum atomic E-state index is 12.2. The molecule has 1 aromatic heterocycles. The van der Waals surface area contributed by atoms with Gasteiger partial charge in [-0.15, -0.1) is 0 Å². The van der Waals surface area contributed by atoms with Gasteiger partial charge < -0.3 is 15.4 Å². The summed E-state index contributed by atoms with van der Waals surface area (Å²) in [6, 6.07) is 2.18. The van der Waals surface area contributed by atoms with Crippen LogP contribution < -0.4 is 10.6 Å². The Kier molecular flexibility index (Phi) is 6.01. The fourth-order valence-electron chi connectivity index (χ4n) is 3.14. The van der Waals surface area contributed by atoms with Crippen LogP contribution in [0.15, 0.2) is 12.3 Å². The van der Waals surface area contributed by atoms with E-state index in [0.717, 1.165) is 65.2 Å². The first-order chi connectivity index (χ1) is 11.3. The zero-order chi connectivity index (χ0) is 15.9. The Bertz CT molecular complexity index is 492. The minimum atomic E-state index is -0.0745. The van der Waals surface area contributed by atoms with Crippen molar-refractivity contribution >= 4 is 5.91 Å². The molecule has 23 heavy (non-hydrogen) atoms. The summed E-state index contributed by atoms with van der Waals surface area (Å²) < 4.78 is 7.25. The van der Waals surface area contributed by atoms with E-state index in [1.807, 2.05) is 16.9 Å². The van der Waals surface area contributed by atoms with Crippen LogP contribution >= 0.6 is 0 Å². The lowest BCUT2D eigenvalue weighted by atomic mass is 10.1. The first-order valence-electron chi connectivity index (χ1n) is 8.67. The van der Waals surface area contributed by atoms with E-state index in [9.17, 15) is 4.79 Å². The molecule has 1 aromatic rings. The number of nitrogens with zero attached hydrogens (tertiary/aromatic N) is 3. The molecule has 0 aromatic carbocycles. The molecule has 2 fully saturated rings. The number of carbonyl (C=O) groups is 1. The molecule has 1 atom stereocenters. The third kappa shape index (κ3) is 4.76. The largest absolute Gasteiger partial charge is 0.379 e. The molecule has 0 bridgehead atoms. The molecule has 2 saturated heterocycles. The summed E-state index contributed by atoms with van der Waals surface area (Å²) in [5, 5.41) is 10.8. The van der Waals surface area contributed by atoms with Crippen molar-refractivity contribution in [3.05, 3.63) is 18.0 Å². The van der Waals surface area contributed by atoms with Crippen LogP contribution in [0.2, 0.25) is 0 Å². The van der Waals surface area contributed by atoms with E-state index in [4.69, 9.17) is 4.74 Å². The molecule has 0 aliphatic carbocycles. The van der Waals surface area contributed by atoms with Crippen LogP contribution in [-0.2, 0) is 4.74 Å². The highest BCUT2D eigenvalue weighted by atomic mass is 16.5. The summed E-state index contributed by atoms with van der Waals surface area (Å²) in [7, 11) is 0. The summed E-state index contributed by atoms with van der Waals surface area (Å²) in [6.07, 6.45) is 5.15. The van der Waals surface area contributed by atoms with Crippen molar-refractivity contribution in [3.63, 3.8) is 0 Å². The molecular weight excluding hydrogens is 294 g/mol. The number of ether oxygens (including phenoxy) is 1. The lowest BCUT2D eigenvalue weighted by molar-refractivity contribution is 0.0374. The van der Waals surface area contributed by atoms with Crippen LogP contribution in [0.1, 0.15) is 35.8 Å². The zero-order valence-corrected chi connectivity index (χ0v) is 13.7. The third-order valence-corrected chi connectivity index (χ3v) is 4.53. The second-order valence-corrected chi connectivity index (χ2v) is 6.24. The minimum Gasteiger partial charge on any atom is -0.379 e. The highest BCUT2D eigenvalue weighted by molar-refractivity contribution is 5.92. The Morgan fingerprint density at radius 1 is 1.43 bits per heavy atom. The molecule has 2 aliphatic rings. The molecule has 1 unspecified atom stereocenters. The van der Waals surface area contributed by atoms with E-state index in [1.54, 1.807) is 0 Å². The summed E-state index contributed by atoms with van der Waals surface area (Å²) >= 11 is 0. The number of aromatic nitrogens is 2. The lowest BCUT2D eigenvalue weighted by Gasteiger charge is -2.26. The lowest BCUT2D eigenvalue weighted by Crippen LogP contribution is -2.38. The van der Waals surface area contributed by atoms with E-state index >= 15 is 0 Å². The first kappa shape index (κ1) is 16.4. The Morgan fingerprint density at radius 2 is 2.30 bits per heavy atom. The van der Waals surface area contributed by atoms with Gasteiger partial charge in [-0.1, -0.05) is 0 Å². The SMILES string of the molecule is O=C(NCCCN1CCOCC1)c1ccn(C2CCCNC2)n1. The summed E-state index contributed by atoms with van der Waals surface area (Å²) in [4.78, 5) is 14.5. The molecule has 0 radical (unpaired) electrons. The molecule has 128 valence electrons. The van der Waals surface area contributed by atoms with Crippen molar-refractivity contribution in [2.75, 3.05) is 52.5 Å². The fraction of sp³-hybridized carbons (Fsp3) is 0.750. The van der Waals surface area contributed by atoms with E-state index in [2.05, 4.69) is 20.6 Å². The van der Waals surface area contributed by atoms with Gasteiger partial charge in [-0.25, -0.2) is 0 Å². The predicted octanol–water partition coefficient (Wildman–Crippen LogP) is 0.260. The van der Waals surface area contributed by atoms with Gasteiger partial charge in [0.25, 0.3) is 5.91 Å². The summed E-state index contributed by atoms with van der Waals surface area (Å²) in [6.45, 7) is 7.33. The highest BCUT2D eigenvalue weighted by Crippen LogP contribution is 2.15. The van der Waals surface area contributed by atoms with Gasteiger partial charge in [0, 0.05) is 32.4 Å². The van der Waals surface area contributed by atoms with Crippen molar-refractivity contribution in [1.82, 2.24) is 25.3 Å². The minimum absolute atomic E-state index is 0.0745. The number of hydrogen-bond acceptors (Lipinski definition) is 5. The Labute approximate surface area is 137 Å². The Morgan fingerprint density at radius 3 is 3.09 bits per heavy atom. The van der Waals surface area contributed by atoms with Crippen LogP contribution in [0.5, 0.6) is 0 Å². The van der Waals surface area contributed by atoms with Gasteiger partial charge in [-0.05, 0) is 38.4 Å². The maximum Gasteiger partial charge on any atom is 0.271 e. The molecule has 2 N–H and O–H groups in total. The average molecular weight is 321 g/mol. The van der Waals surface area contributed by atoms with E-state index < -0.39 is 0 Å². The molecule has 7 heteroatoms. The maximum absolute atomic E-state index is 12.2. The molecule has 3 rings (SSSR count). The third-order valence-electron chi connectivity index (χ3n) is 4.53. The van der Waals surface area contributed by atoms with Gasteiger partial charge in [0.2, 0.25) is 0 Å². The number of morpholine rings is 1. The molecule has 0 saturated carbocycles. The molecule has 1 amide bonds. The van der Waals surface area contributed by atoms with Crippen LogP contribution in [0.4, 0.5) is 0 Å². The molecule has 0 spiro atoms. The fourth-order valence-corrected chi connectivity index (χ4v) is 3.14. The van der Waals surface area contributed by atoms with Crippen LogP contribution in [0, 0.1) is 0 Å². The van der Waals surface area contributed by atoms with Crippen molar-refractivity contribution in [1.29, 1.82) is 0 Å². The van der Waals surface area contributed by atoms with Gasteiger partial charge in [0.15, 0.2) is 0 Å². The molecular formula is C16H27N5O2. The van der Waals surface area contributed by atoms with Crippen LogP contribution in [0.3, 0.4) is 0 Å². The number of hydrogen-bond donors (Lipinski definition) is 2. The predicted molar refractivity (Wildman–Crippen MR) is 87.6 cm³/mol. The number of carbonyl (C=O) groups excluding carboxylic acids is 1. The second kappa shape index (κ2) is 8.42. The molecule has 3 heterocycles. The van der Waals surface area contributed by atoms with Crippen LogP contribution in [-0.4, -0.2) is 73.1 Å². The van der Waals surface area contributed by atoms with Crippen molar-refractivity contribution in [3.8, 4) is 0 Å². The average Bonchev–Trinajstić information content (AvgIpc) is 3.10. The van der Waals surface area contributed by atoms with Crippen LogP contribution in [0.25, 0.3) is 0 Å². The number of amides is 1. The number of piperidine rings is 1. The van der Waals surface area contributed by atoms with E-state index in [0.29, 0.717) is 18.3 Å². The van der Waals surface area contributed by atoms with Crippen molar-refractivity contribution < 1.29 is 9.53 Å². The highest BCUT2D eigenvalue weighted by Gasteiger charge is 2.17. The summed E-state index contributed by atoms with van der Waals surface area (Å²) in [5.41, 5.74) is 0.516. The Hall–Kier alpha value is -1.44. The van der Waals surface area contributed by atoms with Gasteiger partial charge in [0.05, 0.1) is 19.3 Å². The zero-order valence-electron chi connectivity index (χ0n) is 13.7. The van der Waals surface area contributed by atoms with Gasteiger partial charge >= 0.3 is 0 Å². The smallest absolute Gasteiger partial charge is 0.271 e. The first-order valence-corrected chi connectivity index (χ1v) is 8.67. The monoisotopic (exact) mass is 321 g/mol. The number of nitrogens with one attached hydrogen (secondary N) is 2. The summed E-state index contributed by atoms with van der Waals surface area (Å²) in [5.74, 6) is -0.0745. The Balaban J connectivity index is 1.38. The quantitative estimate of drug-likeness (QED) is 0.736. The number of rotatable bonds is 6. The van der Waals surface area contributed by atoms with Gasteiger partial charge in [-0.3, -0.25) is 14.4 Å². The van der Waals surface area contributed by atoms with Gasteiger partial charge in [0.1, 0.15) is 5.69 Å². The van der Waals surface area contributed by atoms with E-state index in [1.165, 1.54) is 0 Å². The van der Waals surface area contributed by atoms with E-state index in [-0.39, 0.29) is 5.91 Å². The standard InChI is InChI=1S/C16H27N5O2/c22-16(18-6-2-7-20-9-11-23-12-10-20)15-4-8-21(19-15)14-3-1-5-17-13-14/h4,8,14,17H,1-3,5-7,9-13H2,(H,18,22).